The van der Waals surface area contributed by atoms with Crippen molar-refractivity contribution in [3.8, 4) is 5.75 Å². The summed E-state index contributed by atoms with van der Waals surface area (Å²) in [5.74, 6) is 1.18. The van der Waals surface area contributed by atoms with Crippen LogP contribution in [0.5, 0.6) is 5.75 Å². The van der Waals surface area contributed by atoms with E-state index in [-0.39, 0.29) is 11.7 Å². The molecule has 0 bridgehead atoms. The second-order valence-corrected chi connectivity index (χ2v) is 8.65. The molecule has 1 aliphatic rings. The molecule has 4 rings (SSSR count). The van der Waals surface area contributed by atoms with Crippen molar-refractivity contribution >= 4 is 22.1 Å². The molecule has 5 nitrogen and oxygen atoms in total. The zero-order valence-electron chi connectivity index (χ0n) is 17.0. The number of piperidine rings is 1. The molecule has 0 N–H and O–H groups in total. The highest BCUT2D eigenvalue weighted by Crippen LogP contribution is 2.28. The third kappa shape index (κ3) is 3.47. The average Bonchev–Trinajstić information content (AvgIpc) is 3.23. The number of benzene rings is 1. The zero-order valence-corrected chi connectivity index (χ0v) is 17.8. The van der Waals surface area contributed by atoms with Gasteiger partial charge in [0.2, 0.25) is 0 Å². The van der Waals surface area contributed by atoms with E-state index in [0.29, 0.717) is 0 Å². The Morgan fingerprint density at radius 3 is 2.75 bits per heavy atom. The molecule has 0 unspecified atom stereocenters. The van der Waals surface area contributed by atoms with Crippen LogP contribution in [0.25, 0.3) is 4.96 Å². The van der Waals surface area contributed by atoms with Gasteiger partial charge in [-0.2, -0.15) is 0 Å². The zero-order chi connectivity index (χ0) is 19.8. The molecule has 2 aromatic heterocycles. The Kier molecular flexibility index (Phi) is 5.25. The maximum Gasteiger partial charge on any atom is 0.194 e. The van der Waals surface area contributed by atoms with E-state index in [0.717, 1.165) is 65.6 Å². The van der Waals surface area contributed by atoms with Crippen LogP contribution in [0.3, 0.4) is 0 Å². The summed E-state index contributed by atoms with van der Waals surface area (Å²) < 4.78 is 7.63. The molecule has 1 fully saturated rings. The number of methoxy groups -OCH3 is 1. The highest BCUT2D eigenvalue weighted by Gasteiger charge is 2.28. The monoisotopic (exact) mass is 397 g/mol. The summed E-state index contributed by atoms with van der Waals surface area (Å²) in [5.41, 5.74) is 5.17. The minimum Gasteiger partial charge on any atom is -0.496 e. The van der Waals surface area contributed by atoms with Crippen LogP contribution in [0, 0.1) is 26.7 Å². The number of hydrogen-bond donors (Lipinski definition) is 0. The van der Waals surface area contributed by atoms with Crippen molar-refractivity contribution in [2.75, 3.05) is 20.2 Å². The first-order valence-electron chi connectivity index (χ1n) is 9.80. The van der Waals surface area contributed by atoms with Crippen molar-refractivity contribution in [2.24, 2.45) is 5.92 Å². The lowest BCUT2D eigenvalue weighted by molar-refractivity contribution is 0.0809. The van der Waals surface area contributed by atoms with Gasteiger partial charge in [0.05, 0.1) is 18.5 Å². The number of nitrogens with zero attached hydrogens (tertiary/aromatic N) is 3. The van der Waals surface area contributed by atoms with Gasteiger partial charge in [-0.25, -0.2) is 4.98 Å². The van der Waals surface area contributed by atoms with Gasteiger partial charge >= 0.3 is 0 Å². The van der Waals surface area contributed by atoms with Gasteiger partial charge in [0.1, 0.15) is 5.75 Å². The highest BCUT2D eigenvalue weighted by atomic mass is 32.1. The lowest BCUT2D eigenvalue weighted by Gasteiger charge is -2.32. The summed E-state index contributed by atoms with van der Waals surface area (Å²) in [6.07, 6.45) is 4.10. The van der Waals surface area contributed by atoms with Crippen LogP contribution in [0.4, 0.5) is 0 Å². The fourth-order valence-electron chi connectivity index (χ4n) is 4.41. The molecule has 0 radical (unpaired) electrons. The number of rotatable bonds is 5. The van der Waals surface area contributed by atoms with E-state index in [9.17, 15) is 4.79 Å². The van der Waals surface area contributed by atoms with Crippen molar-refractivity contribution < 1.29 is 9.53 Å². The Morgan fingerprint density at radius 1 is 1.29 bits per heavy atom. The van der Waals surface area contributed by atoms with E-state index in [1.165, 1.54) is 5.69 Å². The van der Waals surface area contributed by atoms with Crippen LogP contribution in [0.2, 0.25) is 0 Å². The Hall–Kier alpha value is -2.18. The predicted molar refractivity (Wildman–Crippen MR) is 113 cm³/mol. The van der Waals surface area contributed by atoms with Crippen LogP contribution in [0.15, 0.2) is 23.7 Å². The number of Topliss-reactive ketones (excluding diaryl/α,β-unsaturated/α-hetero) is 1. The number of ketones is 1. The van der Waals surface area contributed by atoms with Crippen LogP contribution >= 0.6 is 11.3 Å². The Labute approximate surface area is 170 Å². The molecule has 1 atom stereocenters. The normalized spacial score (nSPS) is 17.9. The van der Waals surface area contributed by atoms with Crippen LogP contribution in [-0.4, -0.2) is 40.3 Å². The number of thiazole rings is 1. The van der Waals surface area contributed by atoms with Gasteiger partial charge in [0, 0.05) is 36.1 Å². The van der Waals surface area contributed by atoms with Crippen molar-refractivity contribution in [1.29, 1.82) is 0 Å². The molecule has 3 heterocycles. The van der Waals surface area contributed by atoms with Crippen molar-refractivity contribution in [3.63, 3.8) is 0 Å². The summed E-state index contributed by atoms with van der Waals surface area (Å²) in [7, 11) is 1.68. The Morgan fingerprint density at radius 2 is 2.04 bits per heavy atom. The fourth-order valence-corrected chi connectivity index (χ4v) is 5.18. The maximum atomic E-state index is 13.2. The van der Waals surface area contributed by atoms with Gasteiger partial charge in [-0.3, -0.25) is 14.1 Å². The van der Waals surface area contributed by atoms with Crippen molar-refractivity contribution in [2.45, 2.75) is 40.2 Å². The molecule has 1 saturated heterocycles. The van der Waals surface area contributed by atoms with E-state index in [1.54, 1.807) is 18.4 Å². The minimum atomic E-state index is 0.0483. The largest absolute Gasteiger partial charge is 0.496 e. The lowest BCUT2D eigenvalue weighted by Crippen LogP contribution is -2.38. The molecule has 1 aromatic carbocycles. The van der Waals surface area contributed by atoms with Gasteiger partial charge in [-0.05, 0) is 63.4 Å². The number of fused-ring (bicyclic) bond motifs is 1. The SMILES string of the molecule is COc1c(C)cc(C(=O)[C@@H]2CCCN(Cc3c(C)nc4sccn34)C2)cc1C. The molecule has 1 aliphatic heterocycles. The molecule has 0 aliphatic carbocycles. The van der Waals surface area contributed by atoms with Gasteiger partial charge in [0.25, 0.3) is 0 Å². The van der Waals surface area contributed by atoms with Crippen LogP contribution in [0.1, 0.15) is 45.7 Å². The summed E-state index contributed by atoms with van der Waals surface area (Å²) >= 11 is 1.66. The first-order valence-corrected chi connectivity index (χ1v) is 10.7. The van der Waals surface area contributed by atoms with Crippen LogP contribution in [-0.2, 0) is 6.54 Å². The van der Waals surface area contributed by atoms with Gasteiger partial charge in [-0.15, -0.1) is 11.3 Å². The van der Waals surface area contributed by atoms with Crippen molar-refractivity contribution in [3.05, 3.63) is 51.8 Å². The minimum absolute atomic E-state index is 0.0483. The Balaban J connectivity index is 1.51. The fraction of sp³-hybridized carbons (Fsp3) is 0.455. The summed E-state index contributed by atoms with van der Waals surface area (Å²) in [6, 6.07) is 3.95. The number of aryl methyl sites for hydroxylation is 3. The lowest BCUT2D eigenvalue weighted by atomic mass is 9.88. The van der Waals surface area contributed by atoms with E-state index in [1.807, 2.05) is 26.0 Å². The molecule has 3 aromatic rings. The third-order valence-corrected chi connectivity index (χ3v) is 6.52. The smallest absolute Gasteiger partial charge is 0.194 e. The number of aromatic nitrogens is 2. The molecule has 0 amide bonds. The summed E-state index contributed by atoms with van der Waals surface area (Å²) in [4.78, 5) is 21.3. The number of likely N-dealkylation sites (tertiary alicyclic amines) is 1. The van der Waals surface area contributed by atoms with Gasteiger partial charge in [-0.1, -0.05) is 0 Å². The molecule has 148 valence electrons. The quantitative estimate of drug-likeness (QED) is 0.598. The second-order valence-electron chi connectivity index (χ2n) is 7.78. The topological polar surface area (TPSA) is 46.8 Å². The third-order valence-electron chi connectivity index (χ3n) is 5.76. The van der Waals surface area contributed by atoms with E-state index in [2.05, 4.69) is 32.8 Å². The van der Waals surface area contributed by atoms with Gasteiger partial charge < -0.3 is 4.74 Å². The highest BCUT2D eigenvalue weighted by molar-refractivity contribution is 7.15. The molecule has 0 spiro atoms. The number of ether oxygens (including phenoxy) is 1. The van der Waals surface area contributed by atoms with E-state index >= 15 is 0 Å². The molecule has 6 heteroatoms. The van der Waals surface area contributed by atoms with Crippen molar-refractivity contribution in [1.82, 2.24) is 14.3 Å². The average molecular weight is 398 g/mol. The Bertz CT molecular complexity index is 997. The first kappa shape index (κ1) is 19.2. The number of carbonyl (C=O) groups is 1. The molecular formula is C22H27N3O2S. The summed E-state index contributed by atoms with van der Waals surface area (Å²) in [5, 5.41) is 2.07. The second kappa shape index (κ2) is 7.68. The summed E-state index contributed by atoms with van der Waals surface area (Å²) in [6.45, 7) is 8.76. The number of carbonyl (C=O) groups excluding carboxylic acids is 1. The predicted octanol–water partition coefficient (Wildman–Crippen LogP) is 4.42. The first-order chi connectivity index (χ1) is 13.5. The molecule has 0 saturated carbocycles. The number of imidazole rings is 1. The van der Waals surface area contributed by atoms with Gasteiger partial charge in [0.15, 0.2) is 10.7 Å². The van der Waals surface area contributed by atoms with Crippen LogP contribution < -0.4 is 4.74 Å². The maximum absolute atomic E-state index is 13.2. The molecular weight excluding hydrogens is 370 g/mol. The number of hydrogen-bond acceptors (Lipinski definition) is 5. The standard InChI is InChI=1S/C22H27N3O2S/c1-14-10-18(11-15(2)21(14)27-4)20(26)17-6-5-7-24(12-17)13-19-16(3)23-22-25(19)8-9-28-22/h8-11,17H,5-7,12-13H2,1-4H3/t17-/m1/s1. The molecule has 28 heavy (non-hydrogen) atoms. The van der Waals surface area contributed by atoms with E-state index in [4.69, 9.17) is 4.74 Å². The van der Waals surface area contributed by atoms with E-state index < -0.39 is 0 Å².